The van der Waals surface area contributed by atoms with Crippen molar-refractivity contribution in [2.75, 3.05) is 14.2 Å². The van der Waals surface area contributed by atoms with Gasteiger partial charge in [-0.3, -0.25) is 4.40 Å². The predicted molar refractivity (Wildman–Crippen MR) is 96.9 cm³/mol. The van der Waals surface area contributed by atoms with Gasteiger partial charge in [0.05, 0.1) is 14.2 Å². The second-order valence-corrected chi connectivity index (χ2v) is 5.75. The molecule has 0 atom stereocenters. The number of hydrogen-bond donors (Lipinski definition) is 0. The van der Waals surface area contributed by atoms with Crippen LogP contribution >= 0.6 is 0 Å². The molecule has 4 rings (SSSR count). The Morgan fingerprint density at radius 3 is 2.19 bits per heavy atom. The Hall–Kier alpha value is -3.41. The number of aromatic nitrogens is 3. The summed E-state index contributed by atoms with van der Waals surface area (Å²) in [5.41, 5.74) is 3.44. The first-order valence-electron chi connectivity index (χ1n) is 8.03. The van der Waals surface area contributed by atoms with Crippen LogP contribution in [0.3, 0.4) is 0 Å². The topological polar surface area (TPSA) is 48.7 Å². The molecule has 0 radical (unpaired) electrons. The maximum Gasteiger partial charge on any atom is 0.168 e. The van der Waals surface area contributed by atoms with Crippen LogP contribution in [0.4, 0.5) is 4.39 Å². The molecule has 0 saturated heterocycles. The minimum Gasteiger partial charge on any atom is -0.493 e. The van der Waals surface area contributed by atoms with Crippen molar-refractivity contribution in [1.82, 2.24) is 14.6 Å². The largest absolute Gasteiger partial charge is 0.493 e. The zero-order valence-corrected chi connectivity index (χ0v) is 14.3. The van der Waals surface area contributed by atoms with E-state index in [9.17, 15) is 4.39 Å². The van der Waals surface area contributed by atoms with Crippen LogP contribution in [0.1, 0.15) is 0 Å². The van der Waals surface area contributed by atoms with Gasteiger partial charge >= 0.3 is 0 Å². The van der Waals surface area contributed by atoms with Gasteiger partial charge in [0, 0.05) is 11.8 Å². The smallest absolute Gasteiger partial charge is 0.168 e. The Balaban J connectivity index is 1.83. The number of hydrogen-bond acceptors (Lipinski definition) is 4. The first-order valence-corrected chi connectivity index (χ1v) is 8.03. The minimum absolute atomic E-state index is 0.259. The number of ether oxygens (including phenoxy) is 2. The van der Waals surface area contributed by atoms with Crippen molar-refractivity contribution in [2.45, 2.75) is 0 Å². The Morgan fingerprint density at radius 2 is 1.46 bits per heavy atom. The number of nitrogens with zero attached hydrogens (tertiary/aromatic N) is 3. The van der Waals surface area contributed by atoms with E-state index in [0.717, 1.165) is 22.3 Å². The van der Waals surface area contributed by atoms with Gasteiger partial charge in [-0.25, -0.2) is 4.39 Å². The molecule has 0 bridgehead atoms. The summed E-state index contributed by atoms with van der Waals surface area (Å²) in [5.74, 6) is 1.70. The molecule has 0 amide bonds. The van der Waals surface area contributed by atoms with Crippen LogP contribution in [0.2, 0.25) is 0 Å². The van der Waals surface area contributed by atoms with Crippen LogP contribution in [0.15, 0.2) is 60.8 Å². The van der Waals surface area contributed by atoms with Crippen molar-refractivity contribution >= 4 is 5.65 Å². The van der Waals surface area contributed by atoms with E-state index >= 15 is 0 Å². The SMILES string of the molecule is COc1ccc(-c2nnc3ccc(-c4ccc(F)cc4)cn23)cc1OC. The van der Waals surface area contributed by atoms with Gasteiger partial charge in [-0.1, -0.05) is 12.1 Å². The third-order valence-corrected chi connectivity index (χ3v) is 4.22. The highest BCUT2D eigenvalue weighted by Gasteiger charge is 2.12. The maximum absolute atomic E-state index is 13.2. The molecule has 2 heterocycles. The average molecular weight is 349 g/mol. The fourth-order valence-electron chi connectivity index (χ4n) is 2.88. The summed E-state index contributed by atoms with van der Waals surface area (Å²) in [5, 5.41) is 8.52. The van der Waals surface area contributed by atoms with Gasteiger partial charge in [0.1, 0.15) is 5.82 Å². The lowest BCUT2D eigenvalue weighted by molar-refractivity contribution is 0.355. The van der Waals surface area contributed by atoms with E-state index in [-0.39, 0.29) is 5.82 Å². The Morgan fingerprint density at radius 1 is 0.769 bits per heavy atom. The van der Waals surface area contributed by atoms with Crippen molar-refractivity contribution in [3.63, 3.8) is 0 Å². The average Bonchev–Trinajstić information content (AvgIpc) is 3.11. The molecule has 6 heteroatoms. The molecular weight excluding hydrogens is 333 g/mol. The normalized spacial score (nSPS) is 10.9. The number of rotatable bonds is 4. The first-order chi connectivity index (χ1) is 12.7. The molecule has 0 aliphatic heterocycles. The minimum atomic E-state index is -0.259. The fraction of sp³-hybridized carbons (Fsp3) is 0.100. The summed E-state index contributed by atoms with van der Waals surface area (Å²) in [6, 6.07) is 15.8. The maximum atomic E-state index is 13.2. The zero-order chi connectivity index (χ0) is 18.1. The van der Waals surface area contributed by atoms with Gasteiger partial charge in [0.25, 0.3) is 0 Å². The van der Waals surface area contributed by atoms with Gasteiger partial charge in [0.2, 0.25) is 0 Å². The summed E-state index contributed by atoms with van der Waals surface area (Å²) in [7, 11) is 3.19. The van der Waals surface area contributed by atoms with Crippen LogP contribution in [0.25, 0.3) is 28.2 Å². The highest BCUT2D eigenvalue weighted by molar-refractivity contribution is 5.68. The Labute approximate surface area is 149 Å². The van der Waals surface area contributed by atoms with E-state index in [2.05, 4.69) is 10.2 Å². The van der Waals surface area contributed by atoms with Crippen LogP contribution in [-0.2, 0) is 0 Å². The van der Waals surface area contributed by atoms with Gasteiger partial charge in [-0.2, -0.15) is 0 Å². The molecule has 0 aliphatic carbocycles. The summed E-state index contributed by atoms with van der Waals surface area (Å²) in [6.45, 7) is 0. The monoisotopic (exact) mass is 349 g/mol. The summed E-state index contributed by atoms with van der Waals surface area (Å²) in [4.78, 5) is 0. The first kappa shape index (κ1) is 16.1. The third kappa shape index (κ3) is 2.75. The van der Waals surface area contributed by atoms with Gasteiger partial charge in [-0.05, 0) is 53.6 Å². The molecule has 4 aromatic rings. The lowest BCUT2D eigenvalue weighted by Gasteiger charge is -2.09. The molecule has 0 spiro atoms. The van der Waals surface area contributed by atoms with Gasteiger partial charge in [0.15, 0.2) is 23.0 Å². The molecule has 2 aromatic heterocycles. The van der Waals surface area contributed by atoms with Gasteiger partial charge in [-0.15, -0.1) is 10.2 Å². The molecule has 26 heavy (non-hydrogen) atoms. The van der Waals surface area contributed by atoms with Crippen molar-refractivity contribution in [3.05, 3.63) is 66.6 Å². The van der Waals surface area contributed by atoms with Crippen molar-refractivity contribution < 1.29 is 13.9 Å². The molecule has 5 nitrogen and oxygen atoms in total. The van der Waals surface area contributed by atoms with Crippen LogP contribution in [-0.4, -0.2) is 28.8 Å². The number of pyridine rings is 1. The number of methoxy groups -OCH3 is 2. The zero-order valence-electron chi connectivity index (χ0n) is 14.3. The highest BCUT2D eigenvalue weighted by Crippen LogP contribution is 2.32. The third-order valence-electron chi connectivity index (χ3n) is 4.22. The van der Waals surface area contributed by atoms with Crippen molar-refractivity contribution in [1.29, 1.82) is 0 Å². The van der Waals surface area contributed by atoms with Crippen LogP contribution in [0.5, 0.6) is 11.5 Å². The van der Waals surface area contributed by atoms with E-state index in [1.165, 1.54) is 12.1 Å². The van der Waals surface area contributed by atoms with E-state index in [1.54, 1.807) is 26.4 Å². The molecule has 130 valence electrons. The predicted octanol–water partition coefficient (Wildman–Crippen LogP) is 4.22. The van der Waals surface area contributed by atoms with Crippen molar-refractivity contribution in [3.8, 4) is 34.0 Å². The molecule has 0 saturated carbocycles. The molecule has 2 aromatic carbocycles. The Bertz CT molecular complexity index is 1070. The quantitative estimate of drug-likeness (QED) is 0.553. The summed E-state index contributed by atoms with van der Waals surface area (Å²) < 4.78 is 25.7. The van der Waals surface area contributed by atoms with Crippen LogP contribution < -0.4 is 9.47 Å². The van der Waals surface area contributed by atoms with E-state index in [4.69, 9.17) is 9.47 Å². The number of halogens is 1. The number of benzene rings is 2. The molecule has 0 N–H and O–H groups in total. The summed E-state index contributed by atoms with van der Waals surface area (Å²) >= 11 is 0. The second-order valence-electron chi connectivity index (χ2n) is 5.75. The molecular formula is C20H16FN3O2. The standard InChI is InChI=1S/C20H16FN3O2/c1-25-17-9-5-14(11-18(17)26-2)20-23-22-19-10-6-15(12-24(19)20)13-3-7-16(21)8-4-13/h3-12H,1-2H3. The molecule has 0 unspecified atom stereocenters. The van der Waals surface area contributed by atoms with Crippen LogP contribution in [0, 0.1) is 5.82 Å². The lowest BCUT2D eigenvalue weighted by atomic mass is 10.1. The lowest BCUT2D eigenvalue weighted by Crippen LogP contribution is -1.94. The highest BCUT2D eigenvalue weighted by atomic mass is 19.1. The Kier molecular flexibility index (Phi) is 4.01. The second kappa shape index (κ2) is 6.48. The van der Waals surface area contributed by atoms with Gasteiger partial charge < -0.3 is 9.47 Å². The molecule has 0 fully saturated rings. The number of fused-ring (bicyclic) bond motifs is 1. The van der Waals surface area contributed by atoms with E-state index < -0.39 is 0 Å². The fourth-order valence-corrected chi connectivity index (χ4v) is 2.88. The van der Waals surface area contributed by atoms with E-state index in [1.807, 2.05) is 40.9 Å². The van der Waals surface area contributed by atoms with Crippen molar-refractivity contribution in [2.24, 2.45) is 0 Å². The summed E-state index contributed by atoms with van der Waals surface area (Å²) in [6.07, 6.45) is 1.94. The van der Waals surface area contributed by atoms with E-state index in [0.29, 0.717) is 17.3 Å². The molecule has 0 aliphatic rings.